The second-order valence-corrected chi connectivity index (χ2v) is 11.2. The van der Waals surface area contributed by atoms with Gasteiger partial charge in [-0.2, -0.15) is 0 Å². The van der Waals surface area contributed by atoms with E-state index in [1.165, 1.54) is 4.90 Å². The molecule has 2 amide bonds. The van der Waals surface area contributed by atoms with Gasteiger partial charge in [-0.15, -0.1) is 0 Å². The van der Waals surface area contributed by atoms with Gasteiger partial charge in [0, 0.05) is 16.6 Å². The van der Waals surface area contributed by atoms with Crippen LogP contribution in [0.3, 0.4) is 0 Å². The monoisotopic (exact) mass is 524 g/mol. The standard InChI is InChI=1S/C30H25ClN4O3/c1-15(2)25-23-24(28(38)34(27(23)37)22-14-17(31)13-12-16(22)3)30(33-25)19-9-5-7-11-21(19)35-26(36)18-8-4-6-10-20(18)32-29(30)35/h4-15,23-25,33H,1-3H3/t23-,24+,25-,30-/m0/s1. The van der Waals surface area contributed by atoms with E-state index in [4.69, 9.17) is 16.6 Å². The van der Waals surface area contributed by atoms with Crippen LogP contribution >= 0.6 is 11.6 Å². The van der Waals surface area contributed by atoms with Gasteiger partial charge in [0.1, 0.15) is 11.4 Å². The summed E-state index contributed by atoms with van der Waals surface area (Å²) in [6.07, 6.45) is 0. The van der Waals surface area contributed by atoms with Gasteiger partial charge in [0.2, 0.25) is 11.8 Å². The van der Waals surface area contributed by atoms with E-state index in [2.05, 4.69) is 5.32 Å². The van der Waals surface area contributed by atoms with E-state index in [-0.39, 0.29) is 29.3 Å². The molecule has 7 rings (SSSR count). The minimum Gasteiger partial charge on any atom is -0.296 e. The van der Waals surface area contributed by atoms with Gasteiger partial charge in [0.25, 0.3) is 5.56 Å². The van der Waals surface area contributed by atoms with E-state index < -0.39 is 17.4 Å². The molecule has 3 aromatic carbocycles. The molecule has 190 valence electrons. The number of halogens is 1. The molecule has 0 unspecified atom stereocenters. The number of hydrogen-bond donors (Lipinski definition) is 1. The molecule has 38 heavy (non-hydrogen) atoms. The van der Waals surface area contributed by atoms with Gasteiger partial charge < -0.3 is 0 Å². The van der Waals surface area contributed by atoms with E-state index in [9.17, 15) is 14.4 Å². The lowest BCUT2D eigenvalue weighted by Gasteiger charge is -2.32. The molecule has 7 nitrogen and oxygen atoms in total. The average Bonchev–Trinajstić information content (AvgIpc) is 3.50. The second kappa shape index (κ2) is 7.85. The van der Waals surface area contributed by atoms with Gasteiger partial charge in [0.15, 0.2) is 0 Å². The van der Waals surface area contributed by atoms with E-state index >= 15 is 0 Å². The van der Waals surface area contributed by atoms with Crippen molar-refractivity contribution in [2.45, 2.75) is 32.4 Å². The lowest BCUT2D eigenvalue weighted by atomic mass is 9.75. The zero-order chi connectivity index (χ0) is 26.5. The Morgan fingerprint density at radius 2 is 1.68 bits per heavy atom. The topological polar surface area (TPSA) is 84.3 Å². The number of aryl methyl sites for hydroxylation is 1. The summed E-state index contributed by atoms with van der Waals surface area (Å²) in [7, 11) is 0. The zero-order valence-electron chi connectivity index (χ0n) is 21.1. The van der Waals surface area contributed by atoms with Crippen LogP contribution in [-0.2, 0) is 15.1 Å². The number of amides is 2. The molecule has 1 spiro atoms. The average molecular weight is 525 g/mol. The van der Waals surface area contributed by atoms with Gasteiger partial charge in [-0.25, -0.2) is 9.88 Å². The third-order valence-corrected chi connectivity index (χ3v) is 8.66. The van der Waals surface area contributed by atoms with Crippen molar-refractivity contribution in [3.05, 3.63) is 99.1 Å². The number of aromatic nitrogens is 2. The summed E-state index contributed by atoms with van der Waals surface area (Å²) in [6, 6.07) is 19.7. The Morgan fingerprint density at radius 1 is 0.947 bits per heavy atom. The summed E-state index contributed by atoms with van der Waals surface area (Å²) in [6.45, 7) is 5.95. The Labute approximate surface area is 224 Å². The van der Waals surface area contributed by atoms with Crippen molar-refractivity contribution in [3.8, 4) is 5.69 Å². The SMILES string of the molecule is Cc1ccc(Cl)cc1N1C(=O)[C@@H]2[C@H](C(C)C)N[C@@]3(c4ccccc4-n4c3nc3ccccc3c4=O)[C@H]2C1=O. The third kappa shape index (κ3) is 2.78. The van der Waals surface area contributed by atoms with Crippen LogP contribution in [0.25, 0.3) is 16.6 Å². The first-order valence-corrected chi connectivity index (χ1v) is 13.2. The number of carbonyl (C=O) groups excluding carboxylic acids is 2. The minimum atomic E-state index is -1.15. The van der Waals surface area contributed by atoms with Crippen molar-refractivity contribution >= 4 is 40.0 Å². The quantitative estimate of drug-likeness (QED) is 0.394. The Kier molecular flexibility index (Phi) is 4.82. The van der Waals surface area contributed by atoms with Crippen molar-refractivity contribution in [2.24, 2.45) is 17.8 Å². The van der Waals surface area contributed by atoms with Gasteiger partial charge in [-0.1, -0.05) is 61.8 Å². The fourth-order valence-corrected chi connectivity index (χ4v) is 6.95. The highest BCUT2D eigenvalue weighted by Gasteiger charge is 2.70. The first-order chi connectivity index (χ1) is 18.3. The summed E-state index contributed by atoms with van der Waals surface area (Å²) in [5.41, 5.74) is 1.96. The van der Waals surface area contributed by atoms with Crippen molar-refractivity contribution in [1.29, 1.82) is 0 Å². The maximum atomic E-state index is 14.5. The fourth-order valence-electron chi connectivity index (χ4n) is 6.79. The van der Waals surface area contributed by atoms with Crippen LogP contribution in [0.4, 0.5) is 5.69 Å². The molecule has 2 saturated heterocycles. The molecule has 1 N–H and O–H groups in total. The molecular weight excluding hydrogens is 500 g/mol. The first-order valence-electron chi connectivity index (χ1n) is 12.8. The van der Waals surface area contributed by atoms with Crippen molar-refractivity contribution in [2.75, 3.05) is 4.90 Å². The maximum Gasteiger partial charge on any atom is 0.266 e. The molecule has 0 saturated carbocycles. The summed E-state index contributed by atoms with van der Waals surface area (Å²) < 4.78 is 1.62. The highest BCUT2D eigenvalue weighted by molar-refractivity contribution is 6.31. The largest absolute Gasteiger partial charge is 0.296 e. The molecule has 0 radical (unpaired) electrons. The molecule has 4 atom stereocenters. The number of anilines is 1. The number of rotatable bonds is 2. The molecule has 0 bridgehead atoms. The van der Waals surface area contributed by atoms with Crippen LogP contribution in [-0.4, -0.2) is 27.4 Å². The number of nitrogens with one attached hydrogen (secondary N) is 1. The molecule has 2 fully saturated rings. The zero-order valence-corrected chi connectivity index (χ0v) is 21.9. The van der Waals surface area contributed by atoms with Crippen LogP contribution in [0.5, 0.6) is 0 Å². The van der Waals surface area contributed by atoms with Gasteiger partial charge in [0.05, 0.1) is 34.1 Å². The highest BCUT2D eigenvalue weighted by Crippen LogP contribution is 2.56. The van der Waals surface area contributed by atoms with Gasteiger partial charge in [-0.3, -0.25) is 24.3 Å². The van der Waals surface area contributed by atoms with Gasteiger partial charge >= 0.3 is 0 Å². The summed E-state index contributed by atoms with van der Waals surface area (Å²) >= 11 is 6.31. The highest BCUT2D eigenvalue weighted by atomic mass is 35.5. The van der Waals surface area contributed by atoms with Crippen LogP contribution < -0.4 is 15.8 Å². The number of para-hydroxylation sites is 2. The predicted octanol–water partition coefficient (Wildman–Crippen LogP) is 4.34. The Hall–Kier alpha value is -3.81. The van der Waals surface area contributed by atoms with Gasteiger partial charge in [-0.05, 0) is 48.7 Å². The summed E-state index contributed by atoms with van der Waals surface area (Å²) in [5.74, 6) is -1.51. The molecule has 0 aliphatic carbocycles. The van der Waals surface area contributed by atoms with E-state index in [0.29, 0.717) is 33.1 Å². The molecule has 8 heteroatoms. The lowest BCUT2D eigenvalue weighted by molar-refractivity contribution is -0.123. The summed E-state index contributed by atoms with van der Waals surface area (Å²) in [4.78, 5) is 48.8. The van der Waals surface area contributed by atoms with Crippen LogP contribution in [0, 0.1) is 24.7 Å². The lowest BCUT2D eigenvalue weighted by Crippen LogP contribution is -2.51. The molecule has 3 aliphatic rings. The third-order valence-electron chi connectivity index (χ3n) is 8.43. The number of fused-ring (bicyclic) bond motifs is 8. The number of hydrogen-bond acceptors (Lipinski definition) is 5. The van der Waals surface area contributed by atoms with E-state index in [0.717, 1.165) is 11.1 Å². The Balaban J connectivity index is 1.54. The fraction of sp³-hybridized carbons (Fsp3) is 0.267. The van der Waals surface area contributed by atoms with Crippen LogP contribution in [0.1, 0.15) is 30.8 Å². The molecular formula is C30H25ClN4O3. The Morgan fingerprint density at radius 3 is 2.47 bits per heavy atom. The number of imide groups is 1. The van der Waals surface area contributed by atoms with Crippen molar-refractivity contribution in [1.82, 2.24) is 14.9 Å². The maximum absolute atomic E-state index is 14.5. The smallest absolute Gasteiger partial charge is 0.266 e. The number of nitrogens with zero attached hydrogens (tertiary/aromatic N) is 3. The molecule has 3 aliphatic heterocycles. The number of carbonyl (C=O) groups is 2. The predicted molar refractivity (Wildman–Crippen MR) is 146 cm³/mol. The summed E-state index contributed by atoms with van der Waals surface area (Å²) in [5, 5.41) is 4.67. The van der Waals surface area contributed by atoms with Crippen LogP contribution in [0.2, 0.25) is 5.02 Å². The molecule has 4 aromatic rings. The first kappa shape index (κ1) is 23.3. The van der Waals surface area contributed by atoms with Crippen molar-refractivity contribution < 1.29 is 9.59 Å². The number of benzene rings is 3. The molecule has 4 heterocycles. The minimum absolute atomic E-state index is 0.0347. The Bertz CT molecular complexity index is 1760. The van der Waals surface area contributed by atoms with E-state index in [1.54, 1.807) is 22.8 Å². The molecule has 1 aromatic heterocycles. The van der Waals surface area contributed by atoms with E-state index in [1.807, 2.05) is 69.3 Å². The van der Waals surface area contributed by atoms with Crippen LogP contribution in [0.15, 0.2) is 71.5 Å². The second-order valence-electron chi connectivity index (χ2n) is 10.8. The van der Waals surface area contributed by atoms with Crippen molar-refractivity contribution in [3.63, 3.8) is 0 Å². The normalized spacial score (nSPS) is 25.5.